The number of carbonyl (C=O) groups excluding carboxylic acids is 1. The molecule has 0 unspecified atom stereocenters. The molecular formula is C22H27N3O3S. The first-order chi connectivity index (χ1) is 14.1. The maximum Gasteiger partial charge on any atom is 0.338 e. The summed E-state index contributed by atoms with van der Waals surface area (Å²) in [5, 5.41) is 6.95. The van der Waals surface area contributed by atoms with Gasteiger partial charge in [-0.15, -0.1) is 0 Å². The molecule has 0 radical (unpaired) electrons. The largest absolute Gasteiger partial charge is 0.462 e. The summed E-state index contributed by atoms with van der Waals surface area (Å²) in [5.41, 5.74) is 4.69. The zero-order chi connectivity index (χ0) is 20.6. The van der Waals surface area contributed by atoms with E-state index in [1.54, 1.807) is 19.1 Å². The van der Waals surface area contributed by atoms with E-state index in [4.69, 9.17) is 21.7 Å². The van der Waals surface area contributed by atoms with Crippen LogP contribution in [0.3, 0.4) is 0 Å². The molecule has 1 heterocycles. The third-order valence-corrected chi connectivity index (χ3v) is 5.00. The number of benzene rings is 2. The minimum atomic E-state index is -0.316. The van der Waals surface area contributed by atoms with Gasteiger partial charge in [-0.25, -0.2) is 4.79 Å². The molecule has 0 aromatic heterocycles. The molecule has 1 saturated heterocycles. The zero-order valence-electron chi connectivity index (χ0n) is 16.9. The Bertz CT molecular complexity index is 849. The lowest BCUT2D eigenvalue weighted by Crippen LogP contribution is -2.36. The molecule has 2 aromatic rings. The van der Waals surface area contributed by atoms with E-state index in [-0.39, 0.29) is 5.97 Å². The summed E-state index contributed by atoms with van der Waals surface area (Å²) in [6.45, 7) is 8.14. The monoisotopic (exact) mass is 413 g/mol. The van der Waals surface area contributed by atoms with Crippen molar-refractivity contribution in [3.05, 3.63) is 59.2 Å². The number of hydrogen-bond donors (Lipinski definition) is 2. The summed E-state index contributed by atoms with van der Waals surface area (Å²) >= 11 is 5.41. The molecule has 1 aliphatic heterocycles. The van der Waals surface area contributed by atoms with Gasteiger partial charge >= 0.3 is 5.97 Å². The number of anilines is 2. The second-order valence-electron chi connectivity index (χ2n) is 6.82. The van der Waals surface area contributed by atoms with Gasteiger partial charge in [-0.1, -0.05) is 12.1 Å². The molecule has 0 amide bonds. The molecular weight excluding hydrogens is 386 g/mol. The Balaban J connectivity index is 1.51. The molecule has 2 N–H and O–H groups in total. The summed E-state index contributed by atoms with van der Waals surface area (Å²) < 4.78 is 10.4. The van der Waals surface area contributed by atoms with Crippen molar-refractivity contribution in [3.8, 4) is 0 Å². The highest BCUT2D eigenvalue weighted by molar-refractivity contribution is 7.80. The number of carbonyl (C=O) groups is 1. The number of morpholine rings is 1. The number of ether oxygens (including phenoxy) is 2. The van der Waals surface area contributed by atoms with Gasteiger partial charge in [-0.05, 0) is 67.5 Å². The predicted octanol–water partition coefficient (Wildman–Crippen LogP) is 3.49. The van der Waals surface area contributed by atoms with Crippen molar-refractivity contribution in [2.75, 3.05) is 43.1 Å². The third-order valence-electron chi connectivity index (χ3n) is 4.75. The van der Waals surface area contributed by atoms with Crippen LogP contribution < -0.4 is 15.5 Å². The maximum atomic E-state index is 11.8. The van der Waals surface area contributed by atoms with Crippen molar-refractivity contribution >= 4 is 34.7 Å². The first-order valence-corrected chi connectivity index (χ1v) is 10.2. The second-order valence-corrected chi connectivity index (χ2v) is 7.23. The molecule has 0 aliphatic carbocycles. The molecule has 2 aromatic carbocycles. The van der Waals surface area contributed by atoms with E-state index in [1.807, 2.05) is 13.0 Å². The smallest absolute Gasteiger partial charge is 0.338 e. The molecule has 29 heavy (non-hydrogen) atoms. The van der Waals surface area contributed by atoms with E-state index in [1.165, 1.54) is 5.69 Å². The molecule has 154 valence electrons. The van der Waals surface area contributed by atoms with Crippen molar-refractivity contribution in [2.24, 2.45) is 0 Å². The zero-order valence-corrected chi connectivity index (χ0v) is 17.7. The molecule has 1 fully saturated rings. The standard InChI is InChI=1S/C22H27N3O3S/c1-3-28-21(26)18-6-9-20(16(2)14-18)24-22(29)23-15-17-4-7-19(8-5-17)25-10-12-27-13-11-25/h4-9,14H,3,10-13,15H2,1-2H3,(H2,23,24,29). The summed E-state index contributed by atoms with van der Waals surface area (Å²) in [4.78, 5) is 14.2. The van der Waals surface area contributed by atoms with Crippen molar-refractivity contribution in [3.63, 3.8) is 0 Å². The molecule has 7 heteroatoms. The highest BCUT2D eigenvalue weighted by Gasteiger charge is 2.11. The summed E-state index contributed by atoms with van der Waals surface area (Å²) in [6.07, 6.45) is 0. The summed E-state index contributed by atoms with van der Waals surface area (Å²) in [6, 6.07) is 13.9. The Kier molecular flexibility index (Phi) is 7.43. The van der Waals surface area contributed by atoms with Crippen LogP contribution >= 0.6 is 12.2 Å². The highest BCUT2D eigenvalue weighted by Crippen LogP contribution is 2.18. The topological polar surface area (TPSA) is 62.8 Å². The summed E-state index contributed by atoms with van der Waals surface area (Å²) in [5.74, 6) is -0.316. The lowest BCUT2D eigenvalue weighted by Gasteiger charge is -2.28. The Labute approximate surface area is 177 Å². The van der Waals surface area contributed by atoms with E-state index < -0.39 is 0 Å². The number of aryl methyl sites for hydroxylation is 1. The van der Waals surface area contributed by atoms with Gasteiger partial charge < -0.3 is 25.0 Å². The molecule has 0 saturated carbocycles. The average molecular weight is 414 g/mol. The molecule has 6 nitrogen and oxygen atoms in total. The third kappa shape index (κ3) is 5.92. The van der Waals surface area contributed by atoms with Crippen LogP contribution in [-0.4, -0.2) is 44.0 Å². The summed E-state index contributed by atoms with van der Waals surface area (Å²) in [7, 11) is 0. The Morgan fingerprint density at radius 2 is 1.90 bits per heavy atom. The lowest BCUT2D eigenvalue weighted by atomic mass is 10.1. The predicted molar refractivity (Wildman–Crippen MR) is 120 cm³/mol. The number of hydrogen-bond acceptors (Lipinski definition) is 5. The molecule has 0 atom stereocenters. The second kappa shape index (κ2) is 10.2. The first kappa shape index (κ1) is 21.1. The van der Waals surface area contributed by atoms with Gasteiger partial charge in [0.05, 0.1) is 25.4 Å². The van der Waals surface area contributed by atoms with E-state index in [0.717, 1.165) is 43.1 Å². The van der Waals surface area contributed by atoms with Crippen molar-refractivity contribution in [2.45, 2.75) is 20.4 Å². The number of nitrogens with one attached hydrogen (secondary N) is 2. The molecule has 0 bridgehead atoms. The lowest BCUT2D eigenvalue weighted by molar-refractivity contribution is 0.0526. The van der Waals surface area contributed by atoms with Crippen LogP contribution in [0.2, 0.25) is 0 Å². The van der Waals surface area contributed by atoms with Crippen LogP contribution in [0.5, 0.6) is 0 Å². The fourth-order valence-corrected chi connectivity index (χ4v) is 3.32. The molecule has 1 aliphatic rings. The Morgan fingerprint density at radius 3 is 2.55 bits per heavy atom. The van der Waals surface area contributed by atoms with E-state index in [9.17, 15) is 4.79 Å². The molecule has 0 spiro atoms. The highest BCUT2D eigenvalue weighted by atomic mass is 32.1. The van der Waals surface area contributed by atoms with Crippen LogP contribution in [0, 0.1) is 6.92 Å². The first-order valence-electron chi connectivity index (χ1n) is 9.81. The number of rotatable bonds is 6. The minimum absolute atomic E-state index is 0.316. The Morgan fingerprint density at radius 1 is 1.17 bits per heavy atom. The fourth-order valence-electron chi connectivity index (χ4n) is 3.14. The van der Waals surface area contributed by atoms with Crippen LogP contribution in [0.4, 0.5) is 11.4 Å². The average Bonchev–Trinajstić information content (AvgIpc) is 2.75. The van der Waals surface area contributed by atoms with Gasteiger partial charge in [0.1, 0.15) is 0 Å². The maximum absolute atomic E-state index is 11.8. The van der Waals surface area contributed by atoms with Crippen LogP contribution in [0.15, 0.2) is 42.5 Å². The van der Waals surface area contributed by atoms with Crippen molar-refractivity contribution < 1.29 is 14.3 Å². The number of esters is 1. The van der Waals surface area contributed by atoms with Gasteiger partial charge in [0.15, 0.2) is 5.11 Å². The SMILES string of the molecule is CCOC(=O)c1ccc(NC(=S)NCc2ccc(N3CCOCC3)cc2)c(C)c1. The fraction of sp³-hybridized carbons (Fsp3) is 0.364. The quantitative estimate of drug-likeness (QED) is 0.555. The Hall–Kier alpha value is -2.64. The minimum Gasteiger partial charge on any atom is -0.462 e. The van der Waals surface area contributed by atoms with Gasteiger partial charge in [-0.2, -0.15) is 0 Å². The van der Waals surface area contributed by atoms with Gasteiger partial charge in [0.25, 0.3) is 0 Å². The van der Waals surface area contributed by atoms with E-state index >= 15 is 0 Å². The van der Waals surface area contributed by atoms with Crippen LogP contribution in [-0.2, 0) is 16.0 Å². The van der Waals surface area contributed by atoms with Gasteiger partial charge in [-0.3, -0.25) is 0 Å². The molecule has 3 rings (SSSR count). The van der Waals surface area contributed by atoms with Crippen molar-refractivity contribution in [1.82, 2.24) is 5.32 Å². The van der Waals surface area contributed by atoms with Gasteiger partial charge in [0, 0.05) is 31.0 Å². The number of thiocarbonyl (C=S) groups is 1. The van der Waals surface area contributed by atoms with E-state index in [0.29, 0.717) is 23.8 Å². The van der Waals surface area contributed by atoms with Crippen LogP contribution in [0.25, 0.3) is 0 Å². The number of nitrogens with zero attached hydrogens (tertiary/aromatic N) is 1. The van der Waals surface area contributed by atoms with Crippen molar-refractivity contribution in [1.29, 1.82) is 0 Å². The normalized spacial score (nSPS) is 13.7. The van der Waals surface area contributed by atoms with Crippen LogP contribution in [0.1, 0.15) is 28.4 Å². The van der Waals surface area contributed by atoms with E-state index in [2.05, 4.69) is 39.8 Å². The van der Waals surface area contributed by atoms with Gasteiger partial charge in [0.2, 0.25) is 0 Å².